The molecular weight excluding hydrogens is 246 g/mol. The maximum atomic E-state index is 11.5. The van der Waals surface area contributed by atoms with Crippen molar-refractivity contribution < 1.29 is 4.79 Å². The highest BCUT2D eigenvalue weighted by molar-refractivity contribution is 5.78. The fraction of sp³-hybridized carbons (Fsp3) is 0.611. The van der Waals surface area contributed by atoms with Gasteiger partial charge in [0.15, 0.2) is 0 Å². The molecule has 0 spiro atoms. The fourth-order valence-corrected chi connectivity index (χ4v) is 2.90. The van der Waals surface area contributed by atoms with Gasteiger partial charge in [-0.15, -0.1) is 0 Å². The van der Waals surface area contributed by atoms with Gasteiger partial charge in [0.05, 0.1) is 0 Å². The molecule has 110 valence electrons. The molecule has 0 aliphatic carbocycles. The number of Topliss-reactive ketones (excluding diaryl/α,β-unsaturated/α-hetero) is 1. The third kappa shape index (κ3) is 3.92. The van der Waals surface area contributed by atoms with Crippen molar-refractivity contribution in [2.24, 2.45) is 5.92 Å². The zero-order valence-electron chi connectivity index (χ0n) is 13.3. The molecule has 1 aromatic carbocycles. The summed E-state index contributed by atoms with van der Waals surface area (Å²) in [5, 5.41) is 0. The number of benzene rings is 1. The quantitative estimate of drug-likeness (QED) is 0.835. The lowest BCUT2D eigenvalue weighted by atomic mass is 9.86. The van der Waals surface area contributed by atoms with Crippen LogP contribution in [0.3, 0.4) is 0 Å². The predicted molar refractivity (Wildman–Crippen MR) is 83.8 cm³/mol. The topological polar surface area (TPSA) is 20.3 Å². The fourth-order valence-electron chi connectivity index (χ4n) is 2.90. The van der Waals surface area contributed by atoms with E-state index in [4.69, 9.17) is 0 Å². The molecule has 1 aliphatic heterocycles. The van der Waals surface area contributed by atoms with Crippen LogP contribution in [0.2, 0.25) is 0 Å². The van der Waals surface area contributed by atoms with Gasteiger partial charge in [-0.3, -0.25) is 9.69 Å². The van der Waals surface area contributed by atoms with Gasteiger partial charge in [0.25, 0.3) is 0 Å². The number of piperidine rings is 1. The summed E-state index contributed by atoms with van der Waals surface area (Å²) in [6.07, 6.45) is 2.21. The molecule has 1 fully saturated rings. The summed E-state index contributed by atoms with van der Waals surface area (Å²) in [6.45, 7) is 11.5. The molecule has 1 aromatic rings. The van der Waals surface area contributed by atoms with E-state index in [1.54, 1.807) is 6.92 Å². The van der Waals surface area contributed by atoms with Crippen molar-refractivity contribution in [1.82, 2.24) is 4.90 Å². The van der Waals surface area contributed by atoms with Crippen LogP contribution in [0.25, 0.3) is 0 Å². The number of carbonyl (C=O) groups is 1. The van der Waals surface area contributed by atoms with Crippen molar-refractivity contribution in [3.63, 3.8) is 0 Å². The lowest BCUT2D eigenvalue weighted by Gasteiger charge is -2.31. The first-order valence-corrected chi connectivity index (χ1v) is 7.68. The summed E-state index contributed by atoms with van der Waals surface area (Å²) < 4.78 is 0. The lowest BCUT2D eigenvalue weighted by molar-refractivity contribution is -0.122. The average molecular weight is 273 g/mol. The van der Waals surface area contributed by atoms with Crippen molar-refractivity contribution in [2.75, 3.05) is 13.1 Å². The van der Waals surface area contributed by atoms with Gasteiger partial charge in [0.2, 0.25) is 0 Å². The first-order chi connectivity index (χ1) is 9.36. The number of rotatable bonds is 3. The number of carbonyl (C=O) groups excluding carboxylic acids is 1. The van der Waals surface area contributed by atoms with E-state index in [2.05, 4.69) is 49.9 Å². The minimum Gasteiger partial charge on any atom is -0.300 e. The van der Waals surface area contributed by atoms with E-state index < -0.39 is 0 Å². The highest BCUT2D eigenvalue weighted by Gasteiger charge is 2.23. The third-order valence-electron chi connectivity index (χ3n) is 4.31. The number of hydrogen-bond donors (Lipinski definition) is 0. The van der Waals surface area contributed by atoms with Crippen LogP contribution in [0, 0.1) is 5.92 Å². The van der Waals surface area contributed by atoms with Gasteiger partial charge < -0.3 is 0 Å². The van der Waals surface area contributed by atoms with E-state index in [1.807, 2.05) is 0 Å². The van der Waals surface area contributed by atoms with Gasteiger partial charge in [0, 0.05) is 19.0 Å². The molecule has 1 unspecified atom stereocenters. The van der Waals surface area contributed by atoms with Crippen LogP contribution >= 0.6 is 0 Å². The van der Waals surface area contributed by atoms with Gasteiger partial charge in [-0.1, -0.05) is 45.0 Å². The SMILES string of the molecule is CC(=O)C1CCCN(Cc2ccc(C(C)(C)C)cc2)C1. The first kappa shape index (κ1) is 15.2. The monoisotopic (exact) mass is 273 g/mol. The van der Waals surface area contributed by atoms with Crippen LogP contribution in [0.15, 0.2) is 24.3 Å². The Labute approximate surface area is 123 Å². The maximum absolute atomic E-state index is 11.5. The van der Waals surface area contributed by atoms with Crippen LogP contribution in [0.1, 0.15) is 51.7 Å². The average Bonchev–Trinajstić information content (AvgIpc) is 2.38. The summed E-state index contributed by atoms with van der Waals surface area (Å²) in [5.74, 6) is 0.593. The zero-order chi connectivity index (χ0) is 14.8. The highest BCUT2D eigenvalue weighted by atomic mass is 16.1. The summed E-state index contributed by atoms with van der Waals surface area (Å²) >= 11 is 0. The normalized spacial score (nSPS) is 20.9. The molecule has 0 amide bonds. The molecule has 0 N–H and O–H groups in total. The van der Waals surface area contributed by atoms with Crippen LogP contribution in [-0.4, -0.2) is 23.8 Å². The Hall–Kier alpha value is -1.15. The Kier molecular flexibility index (Phi) is 4.64. The van der Waals surface area contributed by atoms with Crippen molar-refractivity contribution in [1.29, 1.82) is 0 Å². The largest absolute Gasteiger partial charge is 0.300 e. The summed E-state index contributed by atoms with van der Waals surface area (Å²) in [7, 11) is 0. The van der Waals surface area contributed by atoms with Crippen molar-refractivity contribution in [2.45, 2.75) is 52.5 Å². The van der Waals surface area contributed by atoms with Crippen molar-refractivity contribution in [3.8, 4) is 0 Å². The molecule has 2 rings (SSSR count). The van der Waals surface area contributed by atoms with E-state index in [9.17, 15) is 4.79 Å². The molecule has 0 aromatic heterocycles. The Morgan fingerprint density at radius 1 is 1.25 bits per heavy atom. The summed E-state index contributed by atoms with van der Waals surface area (Å²) in [5.41, 5.74) is 2.94. The maximum Gasteiger partial charge on any atom is 0.134 e. The number of nitrogens with zero attached hydrogens (tertiary/aromatic N) is 1. The molecule has 0 radical (unpaired) electrons. The standard InChI is InChI=1S/C18H27NO/c1-14(20)16-6-5-11-19(13-16)12-15-7-9-17(10-8-15)18(2,3)4/h7-10,16H,5-6,11-13H2,1-4H3. The van der Waals surface area contributed by atoms with E-state index >= 15 is 0 Å². The molecule has 20 heavy (non-hydrogen) atoms. The van der Waals surface area contributed by atoms with Gasteiger partial charge >= 0.3 is 0 Å². The molecule has 0 saturated carbocycles. The third-order valence-corrected chi connectivity index (χ3v) is 4.31. The van der Waals surface area contributed by atoms with Gasteiger partial charge in [0.1, 0.15) is 5.78 Å². The first-order valence-electron chi connectivity index (χ1n) is 7.68. The smallest absolute Gasteiger partial charge is 0.134 e. The van der Waals surface area contributed by atoms with Crippen molar-refractivity contribution >= 4 is 5.78 Å². The van der Waals surface area contributed by atoms with Crippen LogP contribution in [0.4, 0.5) is 0 Å². The predicted octanol–water partition coefficient (Wildman–Crippen LogP) is 3.79. The number of ketones is 1. The minimum atomic E-state index is 0.212. The Morgan fingerprint density at radius 3 is 2.45 bits per heavy atom. The molecule has 2 heteroatoms. The van der Waals surface area contributed by atoms with E-state index in [1.165, 1.54) is 11.1 Å². The molecule has 1 aliphatic rings. The van der Waals surface area contributed by atoms with E-state index in [0.29, 0.717) is 5.78 Å². The second-order valence-electron chi connectivity index (χ2n) is 7.13. The molecule has 0 bridgehead atoms. The summed E-state index contributed by atoms with van der Waals surface area (Å²) in [6, 6.07) is 8.94. The number of hydrogen-bond acceptors (Lipinski definition) is 2. The van der Waals surface area contributed by atoms with Gasteiger partial charge in [-0.05, 0) is 42.9 Å². The number of likely N-dealkylation sites (tertiary alicyclic amines) is 1. The summed E-state index contributed by atoms with van der Waals surface area (Å²) in [4.78, 5) is 13.9. The molecule has 1 atom stereocenters. The Balaban J connectivity index is 1.98. The Bertz CT molecular complexity index is 455. The minimum absolute atomic E-state index is 0.212. The second-order valence-corrected chi connectivity index (χ2v) is 7.13. The molecular formula is C18H27NO. The van der Waals surface area contributed by atoms with Crippen LogP contribution in [-0.2, 0) is 16.8 Å². The van der Waals surface area contributed by atoms with Crippen molar-refractivity contribution in [3.05, 3.63) is 35.4 Å². The second kappa shape index (κ2) is 6.09. The zero-order valence-corrected chi connectivity index (χ0v) is 13.3. The lowest BCUT2D eigenvalue weighted by Crippen LogP contribution is -2.37. The van der Waals surface area contributed by atoms with Gasteiger partial charge in [-0.2, -0.15) is 0 Å². The van der Waals surface area contributed by atoms with Gasteiger partial charge in [-0.25, -0.2) is 0 Å². The van der Waals surface area contributed by atoms with E-state index in [-0.39, 0.29) is 11.3 Å². The van der Waals surface area contributed by atoms with Crippen LogP contribution in [0.5, 0.6) is 0 Å². The highest BCUT2D eigenvalue weighted by Crippen LogP contribution is 2.23. The van der Waals surface area contributed by atoms with E-state index in [0.717, 1.165) is 32.5 Å². The Morgan fingerprint density at radius 2 is 1.90 bits per heavy atom. The molecule has 1 saturated heterocycles. The molecule has 2 nitrogen and oxygen atoms in total. The molecule has 1 heterocycles. The van der Waals surface area contributed by atoms with Crippen LogP contribution < -0.4 is 0 Å².